The van der Waals surface area contributed by atoms with Crippen LogP contribution in [0.5, 0.6) is 0 Å². The number of rotatable bonds is 4. The molecular weight excluding hydrogens is 298 g/mol. The lowest BCUT2D eigenvalue weighted by molar-refractivity contribution is -0.384. The molecule has 122 valence electrons. The summed E-state index contributed by atoms with van der Waals surface area (Å²) in [5.74, 6) is -0.208. The van der Waals surface area contributed by atoms with E-state index < -0.39 is 16.5 Å². The van der Waals surface area contributed by atoms with Crippen molar-refractivity contribution in [3.8, 4) is 0 Å². The molecule has 23 heavy (non-hydrogen) atoms. The van der Waals surface area contributed by atoms with Gasteiger partial charge in [-0.2, -0.15) is 15.3 Å². The topological polar surface area (TPSA) is 101 Å². The average molecular weight is 317 g/mol. The molecule has 0 N–H and O–H groups in total. The smallest absolute Gasteiger partial charge is 0.270 e. The Bertz CT molecular complexity index is 673. The van der Waals surface area contributed by atoms with Crippen LogP contribution in [0.2, 0.25) is 0 Å². The Hall–Kier alpha value is -2.64. The summed E-state index contributed by atoms with van der Waals surface area (Å²) >= 11 is 0. The zero-order valence-corrected chi connectivity index (χ0v) is 13.6. The van der Waals surface area contributed by atoms with Crippen LogP contribution in [0, 0.1) is 10.1 Å². The SMILES string of the molecule is CCC1=NN(C(C)(C)C)C(=O)C1N=Nc1ccc([N+](=O)[O-])cc1. The highest BCUT2D eigenvalue weighted by Gasteiger charge is 2.40. The maximum atomic E-state index is 12.5. The number of carbonyl (C=O) groups excluding carboxylic acids is 1. The molecule has 1 aliphatic heterocycles. The molecule has 0 aliphatic carbocycles. The third kappa shape index (κ3) is 3.58. The van der Waals surface area contributed by atoms with E-state index in [0.29, 0.717) is 17.8 Å². The Morgan fingerprint density at radius 1 is 1.30 bits per heavy atom. The second-order valence-corrected chi connectivity index (χ2v) is 6.16. The van der Waals surface area contributed by atoms with Crippen LogP contribution in [0.4, 0.5) is 11.4 Å². The van der Waals surface area contributed by atoms with Crippen molar-refractivity contribution in [1.29, 1.82) is 0 Å². The van der Waals surface area contributed by atoms with Gasteiger partial charge in [-0.1, -0.05) is 6.92 Å². The highest BCUT2D eigenvalue weighted by atomic mass is 16.6. The Morgan fingerprint density at radius 2 is 1.91 bits per heavy atom. The summed E-state index contributed by atoms with van der Waals surface area (Å²) in [6.07, 6.45) is 0.599. The third-order valence-electron chi connectivity index (χ3n) is 3.33. The van der Waals surface area contributed by atoms with E-state index >= 15 is 0 Å². The van der Waals surface area contributed by atoms with Gasteiger partial charge in [-0.15, -0.1) is 0 Å². The first-order valence-corrected chi connectivity index (χ1v) is 7.30. The zero-order chi connectivity index (χ0) is 17.2. The van der Waals surface area contributed by atoms with Crippen molar-refractivity contribution in [3.05, 3.63) is 34.4 Å². The van der Waals surface area contributed by atoms with E-state index in [1.165, 1.54) is 29.3 Å². The second-order valence-electron chi connectivity index (χ2n) is 6.16. The summed E-state index contributed by atoms with van der Waals surface area (Å²) < 4.78 is 0. The van der Waals surface area contributed by atoms with Crippen molar-refractivity contribution < 1.29 is 9.72 Å². The zero-order valence-electron chi connectivity index (χ0n) is 13.6. The number of hydrazone groups is 1. The van der Waals surface area contributed by atoms with Crippen LogP contribution in [-0.2, 0) is 4.79 Å². The standard InChI is InChI=1S/C15H19N5O3/c1-5-12-13(14(21)19(18-12)15(2,3)4)17-16-10-6-8-11(9-7-10)20(22)23/h6-9,13H,5H2,1-4H3. The van der Waals surface area contributed by atoms with Gasteiger partial charge in [-0.05, 0) is 39.3 Å². The second kappa shape index (κ2) is 6.23. The van der Waals surface area contributed by atoms with Gasteiger partial charge in [0.2, 0.25) is 0 Å². The molecule has 1 amide bonds. The van der Waals surface area contributed by atoms with E-state index in [1.807, 2.05) is 27.7 Å². The van der Waals surface area contributed by atoms with Crippen molar-refractivity contribution >= 4 is 23.0 Å². The van der Waals surface area contributed by atoms with Crippen LogP contribution in [0.25, 0.3) is 0 Å². The molecular formula is C15H19N5O3. The first-order valence-electron chi connectivity index (χ1n) is 7.30. The van der Waals surface area contributed by atoms with Gasteiger partial charge in [-0.3, -0.25) is 14.9 Å². The summed E-state index contributed by atoms with van der Waals surface area (Å²) in [5.41, 5.74) is 0.675. The molecule has 0 saturated heterocycles. The number of azo groups is 1. The number of hydrogen-bond donors (Lipinski definition) is 0. The van der Waals surface area contributed by atoms with Gasteiger partial charge >= 0.3 is 0 Å². The maximum Gasteiger partial charge on any atom is 0.275 e. The number of nitrogens with zero attached hydrogens (tertiary/aromatic N) is 5. The van der Waals surface area contributed by atoms with E-state index in [4.69, 9.17) is 0 Å². The minimum atomic E-state index is -0.727. The van der Waals surface area contributed by atoms with Crippen molar-refractivity contribution in [1.82, 2.24) is 5.01 Å². The van der Waals surface area contributed by atoms with Crippen LogP contribution in [0.15, 0.2) is 39.6 Å². The first-order chi connectivity index (χ1) is 10.7. The fourth-order valence-electron chi connectivity index (χ4n) is 2.12. The summed E-state index contributed by atoms with van der Waals surface area (Å²) in [7, 11) is 0. The molecule has 0 fully saturated rings. The minimum absolute atomic E-state index is 0.0180. The Balaban J connectivity index is 2.20. The van der Waals surface area contributed by atoms with Crippen molar-refractivity contribution in [3.63, 3.8) is 0 Å². The van der Waals surface area contributed by atoms with Crippen LogP contribution in [0.1, 0.15) is 34.1 Å². The van der Waals surface area contributed by atoms with Gasteiger partial charge in [0.15, 0.2) is 6.04 Å². The monoisotopic (exact) mass is 317 g/mol. The molecule has 0 radical (unpaired) electrons. The molecule has 0 aromatic heterocycles. The molecule has 0 bridgehead atoms. The van der Waals surface area contributed by atoms with Crippen LogP contribution < -0.4 is 0 Å². The van der Waals surface area contributed by atoms with E-state index in [-0.39, 0.29) is 11.6 Å². The van der Waals surface area contributed by atoms with Crippen LogP contribution in [0.3, 0.4) is 0 Å². The van der Waals surface area contributed by atoms with E-state index in [9.17, 15) is 14.9 Å². The summed E-state index contributed by atoms with van der Waals surface area (Å²) in [6, 6.07) is 4.95. The quantitative estimate of drug-likeness (QED) is 0.483. The largest absolute Gasteiger partial charge is 0.275 e. The lowest BCUT2D eigenvalue weighted by Gasteiger charge is -2.27. The molecule has 0 spiro atoms. The summed E-state index contributed by atoms with van der Waals surface area (Å²) in [5, 5.41) is 24.5. The Kier molecular flexibility index (Phi) is 4.53. The number of benzene rings is 1. The molecule has 1 aromatic rings. The molecule has 1 aromatic carbocycles. The predicted molar refractivity (Wildman–Crippen MR) is 85.7 cm³/mol. The highest BCUT2D eigenvalue weighted by Crippen LogP contribution is 2.25. The molecule has 8 heteroatoms. The van der Waals surface area contributed by atoms with Crippen molar-refractivity contribution in [2.45, 2.75) is 45.7 Å². The predicted octanol–water partition coefficient (Wildman–Crippen LogP) is 3.45. The maximum absolute atomic E-state index is 12.5. The molecule has 8 nitrogen and oxygen atoms in total. The number of hydrogen-bond acceptors (Lipinski definition) is 6. The lowest BCUT2D eigenvalue weighted by Crippen LogP contribution is -2.42. The van der Waals surface area contributed by atoms with E-state index in [2.05, 4.69) is 15.3 Å². The highest BCUT2D eigenvalue weighted by molar-refractivity contribution is 6.12. The normalized spacial score (nSPS) is 18.6. The molecule has 1 unspecified atom stereocenters. The molecule has 1 aliphatic rings. The van der Waals surface area contributed by atoms with Gasteiger partial charge in [-0.25, -0.2) is 5.01 Å². The van der Waals surface area contributed by atoms with Gasteiger partial charge < -0.3 is 0 Å². The minimum Gasteiger partial charge on any atom is -0.270 e. The lowest BCUT2D eigenvalue weighted by atomic mass is 10.1. The van der Waals surface area contributed by atoms with Crippen LogP contribution >= 0.6 is 0 Å². The molecule has 1 atom stereocenters. The summed E-state index contributed by atoms with van der Waals surface area (Å²) in [6.45, 7) is 7.61. The summed E-state index contributed by atoms with van der Waals surface area (Å²) in [4.78, 5) is 22.6. The Labute approximate surface area is 134 Å². The van der Waals surface area contributed by atoms with Crippen molar-refractivity contribution in [2.24, 2.45) is 15.3 Å². The van der Waals surface area contributed by atoms with Gasteiger partial charge in [0.1, 0.15) is 0 Å². The first kappa shape index (κ1) is 16.7. The van der Waals surface area contributed by atoms with Gasteiger partial charge in [0, 0.05) is 12.1 Å². The van der Waals surface area contributed by atoms with E-state index in [1.54, 1.807) is 0 Å². The number of amides is 1. The molecule has 2 rings (SSSR count). The fourth-order valence-corrected chi connectivity index (χ4v) is 2.12. The number of non-ortho nitro benzene ring substituents is 1. The van der Waals surface area contributed by atoms with E-state index in [0.717, 1.165) is 0 Å². The molecule has 1 heterocycles. The Morgan fingerprint density at radius 3 is 2.39 bits per heavy atom. The van der Waals surface area contributed by atoms with Crippen LogP contribution in [-0.4, -0.2) is 33.1 Å². The average Bonchev–Trinajstić information content (AvgIpc) is 2.81. The van der Waals surface area contributed by atoms with Gasteiger partial charge in [0.05, 0.1) is 21.9 Å². The fraction of sp³-hybridized carbons (Fsp3) is 0.467. The molecule has 0 saturated carbocycles. The number of carbonyl (C=O) groups is 1. The van der Waals surface area contributed by atoms with Crippen molar-refractivity contribution in [2.75, 3.05) is 0 Å². The number of nitro benzene ring substituents is 1. The number of nitro groups is 1. The third-order valence-corrected chi connectivity index (χ3v) is 3.33. The van der Waals surface area contributed by atoms with Gasteiger partial charge in [0.25, 0.3) is 11.6 Å².